The smallest absolute Gasteiger partial charge is 0.315 e. The molecule has 3 amide bonds. The summed E-state index contributed by atoms with van der Waals surface area (Å²) in [6, 6.07) is 20.8. The molecule has 1 fully saturated rings. The Morgan fingerprint density at radius 3 is 2.29 bits per heavy atom. The standard InChI is InChI=1S/C25H34N4O2/c1-20(22-11-7-4-8-12-22)29-17-14-23(15-18-29)27-25(31)26-16-13-24(30)28(2)19-21-9-5-3-6-10-21/h3-12,20,23H,13-19H2,1-2H3,(H2,26,27,31). The van der Waals surface area contributed by atoms with E-state index in [0.717, 1.165) is 31.5 Å². The molecule has 0 aromatic heterocycles. The Morgan fingerprint density at radius 1 is 1.03 bits per heavy atom. The molecule has 2 aromatic rings. The summed E-state index contributed by atoms with van der Waals surface area (Å²) in [5, 5.41) is 5.89. The van der Waals surface area contributed by atoms with Gasteiger partial charge < -0.3 is 15.5 Å². The van der Waals surface area contributed by atoms with Crippen molar-refractivity contribution in [1.29, 1.82) is 0 Å². The first kappa shape index (κ1) is 22.8. The second-order valence-electron chi connectivity index (χ2n) is 8.28. The van der Waals surface area contributed by atoms with Gasteiger partial charge in [0, 0.05) is 51.7 Å². The van der Waals surface area contributed by atoms with Crippen molar-refractivity contribution < 1.29 is 9.59 Å². The van der Waals surface area contributed by atoms with Crippen LogP contribution in [0.2, 0.25) is 0 Å². The third-order valence-corrected chi connectivity index (χ3v) is 6.01. The zero-order valence-electron chi connectivity index (χ0n) is 18.6. The zero-order valence-corrected chi connectivity index (χ0v) is 18.6. The SMILES string of the molecule is CC(c1ccccc1)N1CCC(NC(=O)NCCC(=O)N(C)Cc2ccccc2)CC1. The average molecular weight is 423 g/mol. The number of benzene rings is 2. The first-order chi connectivity index (χ1) is 15.0. The number of likely N-dealkylation sites (tertiary alicyclic amines) is 1. The van der Waals surface area contributed by atoms with Gasteiger partial charge in [0.2, 0.25) is 5.91 Å². The fraction of sp³-hybridized carbons (Fsp3) is 0.440. The Hall–Kier alpha value is -2.86. The third-order valence-electron chi connectivity index (χ3n) is 6.01. The van der Waals surface area contributed by atoms with E-state index in [9.17, 15) is 9.59 Å². The fourth-order valence-corrected chi connectivity index (χ4v) is 4.03. The summed E-state index contributed by atoms with van der Waals surface area (Å²) in [5.74, 6) is 0.0207. The van der Waals surface area contributed by atoms with Crippen molar-refractivity contribution >= 4 is 11.9 Å². The molecule has 1 saturated heterocycles. The van der Waals surface area contributed by atoms with Crippen LogP contribution < -0.4 is 10.6 Å². The molecular formula is C25H34N4O2. The van der Waals surface area contributed by atoms with E-state index in [1.807, 2.05) is 36.4 Å². The Balaban J connectivity index is 1.32. The van der Waals surface area contributed by atoms with Gasteiger partial charge in [0.1, 0.15) is 0 Å². The van der Waals surface area contributed by atoms with Crippen molar-refractivity contribution in [1.82, 2.24) is 20.4 Å². The van der Waals surface area contributed by atoms with Crippen molar-refractivity contribution in [2.45, 2.75) is 44.8 Å². The molecule has 1 unspecified atom stereocenters. The topological polar surface area (TPSA) is 64.7 Å². The summed E-state index contributed by atoms with van der Waals surface area (Å²) in [5.41, 5.74) is 2.42. The molecule has 6 heteroatoms. The number of carbonyl (C=O) groups excluding carboxylic acids is 2. The summed E-state index contributed by atoms with van der Waals surface area (Å²) in [6.45, 7) is 5.08. The van der Waals surface area contributed by atoms with Gasteiger partial charge in [0.05, 0.1) is 0 Å². The molecule has 1 heterocycles. The van der Waals surface area contributed by atoms with E-state index in [4.69, 9.17) is 0 Å². The number of nitrogens with zero attached hydrogens (tertiary/aromatic N) is 2. The lowest BCUT2D eigenvalue weighted by Gasteiger charge is -2.36. The number of rotatable bonds is 8. The van der Waals surface area contributed by atoms with Gasteiger partial charge >= 0.3 is 6.03 Å². The van der Waals surface area contributed by atoms with Gasteiger partial charge in [0.25, 0.3) is 0 Å². The quantitative estimate of drug-likeness (QED) is 0.684. The first-order valence-electron chi connectivity index (χ1n) is 11.1. The van der Waals surface area contributed by atoms with Crippen LogP contribution in [0.25, 0.3) is 0 Å². The maximum Gasteiger partial charge on any atom is 0.315 e. The number of piperidine rings is 1. The normalized spacial score (nSPS) is 15.8. The molecule has 1 atom stereocenters. The highest BCUT2D eigenvalue weighted by atomic mass is 16.2. The second kappa shape index (κ2) is 11.5. The molecule has 2 aromatic carbocycles. The monoisotopic (exact) mass is 422 g/mol. The summed E-state index contributed by atoms with van der Waals surface area (Å²) in [7, 11) is 1.79. The van der Waals surface area contributed by atoms with Crippen molar-refractivity contribution in [3.05, 3.63) is 71.8 Å². The van der Waals surface area contributed by atoms with Crippen molar-refractivity contribution in [2.75, 3.05) is 26.7 Å². The molecule has 0 radical (unpaired) electrons. The van der Waals surface area contributed by atoms with Crippen LogP contribution in [-0.4, -0.2) is 54.5 Å². The maximum absolute atomic E-state index is 12.3. The highest BCUT2D eigenvalue weighted by Crippen LogP contribution is 2.23. The van der Waals surface area contributed by atoms with E-state index in [2.05, 4.69) is 46.7 Å². The van der Waals surface area contributed by atoms with Gasteiger partial charge in [0.15, 0.2) is 0 Å². The van der Waals surface area contributed by atoms with Crippen LogP contribution in [0.4, 0.5) is 4.79 Å². The molecule has 166 valence electrons. The van der Waals surface area contributed by atoms with E-state index >= 15 is 0 Å². The van der Waals surface area contributed by atoms with Gasteiger partial charge in [-0.25, -0.2) is 4.79 Å². The van der Waals surface area contributed by atoms with Crippen molar-refractivity contribution in [3.8, 4) is 0 Å². The largest absolute Gasteiger partial charge is 0.341 e. The third kappa shape index (κ3) is 7.10. The summed E-state index contributed by atoms with van der Waals surface area (Å²) in [4.78, 5) is 28.7. The number of nitrogens with one attached hydrogen (secondary N) is 2. The van der Waals surface area contributed by atoms with E-state index in [1.165, 1.54) is 5.56 Å². The molecule has 3 rings (SSSR count). The van der Waals surface area contributed by atoms with Gasteiger partial charge in [-0.05, 0) is 30.9 Å². The van der Waals surface area contributed by atoms with E-state index in [-0.39, 0.29) is 18.0 Å². The Kier molecular flexibility index (Phi) is 8.47. The van der Waals surface area contributed by atoms with Crippen LogP contribution in [-0.2, 0) is 11.3 Å². The van der Waals surface area contributed by atoms with Crippen LogP contribution in [0, 0.1) is 0 Å². The lowest BCUT2D eigenvalue weighted by Crippen LogP contribution is -2.48. The molecule has 2 N–H and O–H groups in total. The van der Waals surface area contributed by atoms with Gasteiger partial charge in [-0.3, -0.25) is 9.69 Å². The Bertz CT molecular complexity index is 820. The highest BCUT2D eigenvalue weighted by molar-refractivity contribution is 5.78. The Morgan fingerprint density at radius 2 is 1.65 bits per heavy atom. The summed E-state index contributed by atoms with van der Waals surface area (Å²) >= 11 is 0. The molecule has 31 heavy (non-hydrogen) atoms. The Labute approximate surface area is 185 Å². The minimum atomic E-state index is -0.187. The predicted octanol–water partition coefficient (Wildman–Crippen LogP) is 3.56. The predicted molar refractivity (Wildman–Crippen MR) is 124 cm³/mol. The summed E-state index contributed by atoms with van der Waals surface area (Å²) in [6.07, 6.45) is 2.16. The lowest BCUT2D eigenvalue weighted by molar-refractivity contribution is -0.130. The van der Waals surface area contributed by atoms with E-state index < -0.39 is 0 Å². The second-order valence-corrected chi connectivity index (χ2v) is 8.28. The minimum Gasteiger partial charge on any atom is -0.341 e. The lowest BCUT2D eigenvalue weighted by atomic mass is 10.0. The van der Waals surface area contributed by atoms with E-state index in [0.29, 0.717) is 25.6 Å². The van der Waals surface area contributed by atoms with Gasteiger partial charge in [-0.2, -0.15) is 0 Å². The van der Waals surface area contributed by atoms with Crippen molar-refractivity contribution in [2.24, 2.45) is 0 Å². The summed E-state index contributed by atoms with van der Waals surface area (Å²) < 4.78 is 0. The number of hydrogen-bond donors (Lipinski definition) is 2. The molecule has 0 bridgehead atoms. The number of urea groups is 1. The number of amides is 3. The molecule has 0 saturated carbocycles. The maximum atomic E-state index is 12.3. The molecule has 0 aliphatic carbocycles. The molecule has 0 spiro atoms. The van der Waals surface area contributed by atoms with E-state index in [1.54, 1.807) is 11.9 Å². The van der Waals surface area contributed by atoms with Crippen LogP contribution in [0.15, 0.2) is 60.7 Å². The van der Waals surface area contributed by atoms with Crippen molar-refractivity contribution in [3.63, 3.8) is 0 Å². The van der Waals surface area contributed by atoms with Crippen LogP contribution in [0.1, 0.15) is 43.4 Å². The van der Waals surface area contributed by atoms with Gasteiger partial charge in [-0.1, -0.05) is 60.7 Å². The zero-order chi connectivity index (χ0) is 22.1. The number of hydrogen-bond acceptors (Lipinski definition) is 3. The average Bonchev–Trinajstić information content (AvgIpc) is 2.80. The van der Waals surface area contributed by atoms with Gasteiger partial charge in [-0.15, -0.1) is 0 Å². The molecule has 1 aliphatic rings. The molecule has 1 aliphatic heterocycles. The fourth-order valence-electron chi connectivity index (χ4n) is 4.03. The van der Waals surface area contributed by atoms with Crippen LogP contribution in [0.5, 0.6) is 0 Å². The first-order valence-corrected chi connectivity index (χ1v) is 11.1. The number of carbonyl (C=O) groups is 2. The highest BCUT2D eigenvalue weighted by Gasteiger charge is 2.24. The van der Waals surface area contributed by atoms with Crippen LogP contribution >= 0.6 is 0 Å². The molecular weight excluding hydrogens is 388 g/mol. The minimum absolute atomic E-state index is 0.0207. The molecule has 6 nitrogen and oxygen atoms in total. The van der Waals surface area contributed by atoms with Crippen LogP contribution in [0.3, 0.4) is 0 Å².